The Bertz CT molecular complexity index is 845. The molecular formula is C15H10ClF3N4O. The number of nitrogens with zero attached hydrogens (tertiary/aromatic N) is 3. The molecule has 0 saturated heterocycles. The number of halogens is 4. The first kappa shape index (κ1) is 16.1. The molecule has 1 heterocycles. The fourth-order valence-corrected chi connectivity index (χ4v) is 2.21. The summed E-state index contributed by atoms with van der Waals surface area (Å²) in [5.41, 5.74) is 7.66. The Morgan fingerprint density at radius 3 is 2.21 bits per heavy atom. The highest BCUT2D eigenvalue weighted by Crippen LogP contribution is 2.28. The number of anilines is 1. The van der Waals surface area contributed by atoms with Crippen LogP contribution in [0.5, 0.6) is 5.75 Å². The highest BCUT2D eigenvalue weighted by molar-refractivity contribution is 6.30. The first-order valence-electron chi connectivity index (χ1n) is 6.67. The smallest absolute Gasteiger partial charge is 0.406 e. The van der Waals surface area contributed by atoms with Gasteiger partial charge < -0.3 is 10.5 Å². The molecule has 2 aromatic carbocycles. The largest absolute Gasteiger partial charge is 0.573 e. The van der Waals surface area contributed by atoms with E-state index in [4.69, 9.17) is 17.3 Å². The van der Waals surface area contributed by atoms with Crippen molar-refractivity contribution in [3.63, 3.8) is 0 Å². The number of rotatable bonds is 3. The average molecular weight is 355 g/mol. The SMILES string of the molecule is Nc1c(-c2ccc(Cl)cc2)nnn1-c1ccc(OC(F)(F)F)cc1. The number of benzene rings is 2. The number of hydrogen-bond donors (Lipinski definition) is 1. The molecule has 3 rings (SSSR count). The normalized spacial score (nSPS) is 11.5. The van der Waals surface area contributed by atoms with E-state index >= 15 is 0 Å². The van der Waals surface area contributed by atoms with Gasteiger partial charge in [0.15, 0.2) is 5.82 Å². The molecule has 0 aliphatic rings. The summed E-state index contributed by atoms with van der Waals surface area (Å²) >= 11 is 5.84. The van der Waals surface area contributed by atoms with E-state index in [0.717, 1.165) is 5.56 Å². The number of aromatic nitrogens is 3. The lowest BCUT2D eigenvalue weighted by Gasteiger charge is -2.09. The zero-order chi connectivity index (χ0) is 17.3. The van der Waals surface area contributed by atoms with Gasteiger partial charge in [0.25, 0.3) is 0 Å². The third-order valence-corrected chi connectivity index (χ3v) is 3.39. The third kappa shape index (κ3) is 3.43. The van der Waals surface area contributed by atoms with Crippen molar-refractivity contribution >= 4 is 17.4 Å². The van der Waals surface area contributed by atoms with E-state index in [9.17, 15) is 13.2 Å². The van der Waals surface area contributed by atoms with Gasteiger partial charge in [-0.05, 0) is 36.4 Å². The Morgan fingerprint density at radius 2 is 1.62 bits per heavy atom. The van der Waals surface area contributed by atoms with E-state index in [1.54, 1.807) is 24.3 Å². The highest BCUT2D eigenvalue weighted by Gasteiger charge is 2.31. The molecule has 0 amide bonds. The maximum absolute atomic E-state index is 12.2. The fraction of sp³-hybridized carbons (Fsp3) is 0.0667. The van der Waals surface area contributed by atoms with Gasteiger partial charge in [0.05, 0.1) is 5.69 Å². The van der Waals surface area contributed by atoms with Gasteiger partial charge >= 0.3 is 6.36 Å². The molecule has 124 valence electrons. The van der Waals surface area contributed by atoms with Crippen LogP contribution in [-0.4, -0.2) is 21.4 Å². The van der Waals surface area contributed by atoms with Crippen LogP contribution in [0.1, 0.15) is 0 Å². The number of hydrogen-bond acceptors (Lipinski definition) is 4. The van der Waals surface area contributed by atoms with E-state index in [0.29, 0.717) is 16.4 Å². The molecule has 9 heteroatoms. The maximum atomic E-state index is 12.2. The number of ether oxygens (including phenoxy) is 1. The third-order valence-electron chi connectivity index (χ3n) is 3.14. The first-order valence-corrected chi connectivity index (χ1v) is 7.04. The van der Waals surface area contributed by atoms with Gasteiger partial charge in [0.2, 0.25) is 0 Å². The van der Waals surface area contributed by atoms with Crippen molar-refractivity contribution in [3.05, 3.63) is 53.6 Å². The number of nitrogen functional groups attached to an aromatic ring is 1. The molecule has 0 radical (unpaired) electrons. The summed E-state index contributed by atoms with van der Waals surface area (Å²) in [5.74, 6) is -0.0790. The van der Waals surface area contributed by atoms with Crippen molar-refractivity contribution in [2.45, 2.75) is 6.36 Å². The van der Waals surface area contributed by atoms with Crippen molar-refractivity contribution < 1.29 is 17.9 Å². The van der Waals surface area contributed by atoms with E-state index in [-0.39, 0.29) is 11.6 Å². The highest BCUT2D eigenvalue weighted by atomic mass is 35.5. The minimum Gasteiger partial charge on any atom is -0.406 e. The standard InChI is InChI=1S/C15H10ClF3N4O/c16-10-3-1-9(2-4-10)13-14(20)23(22-21-13)11-5-7-12(8-6-11)24-15(17,18)19/h1-8H,20H2. The van der Waals surface area contributed by atoms with Gasteiger partial charge in [-0.3, -0.25) is 0 Å². The van der Waals surface area contributed by atoms with Crippen molar-refractivity contribution in [2.75, 3.05) is 5.73 Å². The monoisotopic (exact) mass is 354 g/mol. The van der Waals surface area contributed by atoms with Gasteiger partial charge in [0.1, 0.15) is 11.4 Å². The molecule has 3 aromatic rings. The molecular weight excluding hydrogens is 345 g/mol. The fourth-order valence-electron chi connectivity index (χ4n) is 2.08. The lowest BCUT2D eigenvalue weighted by molar-refractivity contribution is -0.274. The van der Waals surface area contributed by atoms with E-state index in [1.165, 1.54) is 28.9 Å². The summed E-state index contributed by atoms with van der Waals surface area (Å²) < 4.78 is 41.6. The van der Waals surface area contributed by atoms with Crippen LogP contribution in [0.3, 0.4) is 0 Å². The Morgan fingerprint density at radius 1 is 1.00 bits per heavy atom. The van der Waals surface area contributed by atoms with Crippen molar-refractivity contribution in [2.24, 2.45) is 0 Å². The molecule has 1 aromatic heterocycles. The van der Waals surface area contributed by atoms with Gasteiger partial charge in [-0.2, -0.15) is 4.68 Å². The van der Waals surface area contributed by atoms with Gasteiger partial charge in [-0.15, -0.1) is 18.3 Å². The summed E-state index contributed by atoms with van der Waals surface area (Å²) in [4.78, 5) is 0. The van der Waals surface area contributed by atoms with Crippen LogP contribution < -0.4 is 10.5 Å². The molecule has 0 atom stereocenters. The molecule has 0 fully saturated rings. The zero-order valence-corrected chi connectivity index (χ0v) is 12.7. The van der Waals surface area contributed by atoms with Gasteiger partial charge in [0, 0.05) is 10.6 Å². The number of nitrogens with two attached hydrogens (primary N) is 1. The van der Waals surface area contributed by atoms with Crippen LogP contribution in [0, 0.1) is 0 Å². The summed E-state index contributed by atoms with van der Waals surface area (Å²) in [7, 11) is 0. The average Bonchev–Trinajstić information content (AvgIpc) is 2.89. The lowest BCUT2D eigenvalue weighted by Crippen LogP contribution is -2.17. The molecule has 24 heavy (non-hydrogen) atoms. The molecule has 0 unspecified atom stereocenters. The second kappa shape index (κ2) is 6.04. The summed E-state index contributed by atoms with van der Waals surface area (Å²) in [6, 6.07) is 12.0. The van der Waals surface area contributed by atoms with Crippen molar-refractivity contribution in [3.8, 4) is 22.7 Å². The first-order chi connectivity index (χ1) is 11.3. The van der Waals surface area contributed by atoms with Crippen LogP contribution in [0.25, 0.3) is 16.9 Å². The molecule has 5 nitrogen and oxygen atoms in total. The van der Waals surface area contributed by atoms with Gasteiger partial charge in [-0.25, -0.2) is 0 Å². The Kier molecular flexibility index (Phi) is 4.06. The van der Waals surface area contributed by atoms with Gasteiger partial charge in [-0.1, -0.05) is 28.9 Å². The Balaban J connectivity index is 1.89. The van der Waals surface area contributed by atoms with Crippen LogP contribution in [0.2, 0.25) is 5.02 Å². The van der Waals surface area contributed by atoms with E-state index in [1.807, 2.05) is 0 Å². The Labute approximate surface area is 139 Å². The van der Waals surface area contributed by atoms with Crippen LogP contribution in [0.4, 0.5) is 19.0 Å². The van der Waals surface area contributed by atoms with E-state index in [2.05, 4.69) is 15.0 Å². The summed E-state index contributed by atoms with van der Waals surface area (Å²) in [6.07, 6.45) is -4.74. The molecule has 0 bridgehead atoms. The molecule has 2 N–H and O–H groups in total. The molecule has 0 spiro atoms. The van der Waals surface area contributed by atoms with Crippen LogP contribution >= 0.6 is 11.6 Å². The summed E-state index contributed by atoms with van der Waals surface area (Å²) in [5, 5.41) is 8.52. The maximum Gasteiger partial charge on any atom is 0.573 e. The molecule has 0 aliphatic heterocycles. The quantitative estimate of drug-likeness (QED) is 0.770. The predicted octanol–water partition coefficient (Wildman–Crippen LogP) is 4.07. The van der Waals surface area contributed by atoms with Crippen molar-refractivity contribution in [1.82, 2.24) is 15.0 Å². The second-order valence-electron chi connectivity index (χ2n) is 4.78. The predicted molar refractivity (Wildman–Crippen MR) is 82.9 cm³/mol. The summed E-state index contributed by atoms with van der Waals surface area (Å²) in [6.45, 7) is 0. The topological polar surface area (TPSA) is 66.0 Å². The number of alkyl halides is 3. The van der Waals surface area contributed by atoms with Crippen LogP contribution in [0.15, 0.2) is 48.5 Å². The lowest BCUT2D eigenvalue weighted by atomic mass is 10.1. The van der Waals surface area contributed by atoms with E-state index < -0.39 is 6.36 Å². The minimum absolute atomic E-state index is 0.252. The Hall–Kier alpha value is -2.74. The van der Waals surface area contributed by atoms with Crippen molar-refractivity contribution in [1.29, 1.82) is 0 Å². The minimum atomic E-state index is -4.74. The zero-order valence-electron chi connectivity index (χ0n) is 12.0. The molecule has 0 saturated carbocycles. The second-order valence-corrected chi connectivity index (χ2v) is 5.22. The van der Waals surface area contributed by atoms with Crippen LogP contribution in [-0.2, 0) is 0 Å². The molecule has 0 aliphatic carbocycles.